The molecule has 2 aromatic rings. The largest absolute Gasteiger partial charge is 0.478 e. The summed E-state index contributed by atoms with van der Waals surface area (Å²) >= 11 is 0. The molecule has 0 unspecified atom stereocenters. The number of hydrogen-bond acceptors (Lipinski definition) is 5. The first kappa shape index (κ1) is 10.8. The maximum Gasteiger partial charge on any atom is 0.339 e. The van der Waals surface area contributed by atoms with Crippen molar-refractivity contribution in [3.8, 4) is 0 Å². The smallest absolute Gasteiger partial charge is 0.339 e. The Morgan fingerprint density at radius 1 is 1.47 bits per heavy atom. The molecule has 1 aromatic carbocycles. The summed E-state index contributed by atoms with van der Waals surface area (Å²) < 4.78 is 0. The van der Waals surface area contributed by atoms with Crippen LogP contribution in [0, 0.1) is 10.1 Å². The van der Waals surface area contributed by atoms with Crippen LogP contribution in [-0.4, -0.2) is 21.0 Å². The average molecular weight is 233 g/mol. The SMILES string of the molecule is Nc1c(C(=O)O)cnc2cc([N+](=O)[O-])ccc12. The van der Waals surface area contributed by atoms with E-state index in [1.165, 1.54) is 18.2 Å². The van der Waals surface area contributed by atoms with Crippen molar-refractivity contribution < 1.29 is 14.8 Å². The Labute approximate surface area is 94.6 Å². The zero-order valence-electron chi connectivity index (χ0n) is 8.45. The van der Waals surface area contributed by atoms with Crippen LogP contribution in [0.25, 0.3) is 10.9 Å². The number of aromatic nitrogens is 1. The van der Waals surface area contributed by atoms with Crippen LogP contribution < -0.4 is 5.73 Å². The summed E-state index contributed by atoms with van der Waals surface area (Å²) in [5.41, 5.74) is 5.76. The molecule has 0 saturated carbocycles. The molecule has 0 amide bonds. The van der Waals surface area contributed by atoms with Gasteiger partial charge in [-0.25, -0.2) is 4.79 Å². The van der Waals surface area contributed by atoms with E-state index in [0.29, 0.717) is 10.9 Å². The van der Waals surface area contributed by atoms with Gasteiger partial charge in [-0.3, -0.25) is 15.1 Å². The fraction of sp³-hybridized carbons (Fsp3) is 0. The molecule has 0 bridgehead atoms. The van der Waals surface area contributed by atoms with Gasteiger partial charge in [-0.15, -0.1) is 0 Å². The molecule has 0 atom stereocenters. The molecular formula is C10H7N3O4. The number of nitrogen functional groups attached to an aromatic ring is 1. The molecule has 0 aliphatic heterocycles. The number of nitrogens with zero attached hydrogens (tertiary/aromatic N) is 2. The zero-order valence-corrected chi connectivity index (χ0v) is 8.45. The van der Waals surface area contributed by atoms with E-state index in [0.717, 1.165) is 6.20 Å². The van der Waals surface area contributed by atoms with Crippen molar-refractivity contribution >= 4 is 28.2 Å². The van der Waals surface area contributed by atoms with Crippen molar-refractivity contribution in [2.45, 2.75) is 0 Å². The van der Waals surface area contributed by atoms with E-state index in [-0.39, 0.29) is 16.9 Å². The predicted molar refractivity (Wildman–Crippen MR) is 59.8 cm³/mol. The lowest BCUT2D eigenvalue weighted by molar-refractivity contribution is -0.384. The van der Waals surface area contributed by atoms with Gasteiger partial charge < -0.3 is 10.8 Å². The maximum absolute atomic E-state index is 10.8. The van der Waals surface area contributed by atoms with E-state index < -0.39 is 10.9 Å². The number of nitro groups is 1. The van der Waals surface area contributed by atoms with Gasteiger partial charge in [0, 0.05) is 23.7 Å². The van der Waals surface area contributed by atoms with E-state index in [4.69, 9.17) is 10.8 Å². The van der Waals surface area contributed by atoms with Crippen LogP contribution in [0.15, 0.2) is 24.4 Å². The molecule has 0 aliphatic rings. The number of carboxylic acids is 1. The van der Waals surface area contributed by atoms with Gasteiger partial charge in [0.15, 0.2) is 0 Å². The molecule has 0 radical (unpaired) electrons. The van der Waals surface area contributed by atoms with Crippen LogP contribution >= 0.6 is 0 Å². The van der Waals surface area contributed by atoms with Crippen molar-refractivity contribution in [2.75, 3.05) is 5.73 Å². The lowest BCUT2D eigenvalue weighted by atomic mass is 10.1. The van der Waals surface area contributed by atoms with Gasteiger partial charge in [0.25, 0.3) is 5.69 Å². The standard InChI is InChI=1S/C10H7N3O4/c11-9-6-2-1-5(13(16)17)3-8(6)12-4-7(9)10(14)15/h1-4H,(H2,11,12)(H,14,15). The number of nitrogens with two attached hydrogens (primary N) is 1. The highest BCUT2D eigenvalue weighted by atomic mass is 16.6. The molecule has 1 heterocycles. The highest BCUT2D eigenvalue weighted by Crippen LogP contribution is 2.26. The molecule has 17 heavy (non-hydrogen) atoms. The molecule has 2 rings (SSSR count). The summed E-state index contributed by atoms with van der Waals surface area (Å²) in [6.07, 6.45) is 1.09. The lowest BCUT2D eigenvalue weighted by Gasteiger charge is -2.04. The number of pyridine rings is 1. The number of aromatic carboxylic acids is 1. The number of hydrogen-bond donors (Lipinski definition) is 2. The molecule has 86 valence electrons. The van der Waals surface area contributed by atoms with Crippen molar-refractivity contribution in [3.05, 3.63) is 40.1 Å². The van der Waals surface area contributed by atoms with Gasteiger partial charge in [-0.05, 0) is 6.07 Å². The third-order valence-corrected chi connectivity index (χ3v) is 2.34. The fourth-order valence-corrected chi connectivity index (χ4v) is 1.49. The molecule has 0 aliphatic carbocycles. The molecule has 0 fully saturated rings. The topological polar surface area (TPSA) is 119 Å². The Bertz CT molecular complexity index is 639. The van der Waals surface area contributed by atoms with Gasteiger partial charge in [-0.2, -0.15) is 0 Å². The highest BCUT2D eigenvalue weighted by Gasteiger charge is 2.14. The summed E-state index contributed by atoms with van der Waals surface area (Å²) in [5, 5.41) is 19.8. The highest BCUT2D eigenvalue weighted by molar-refractivity contribution is 6.03. The Kier molecular flexibility index (Phi) is 2.36. The number of fused-ring (bicyclic) bond motifs is 1. The van der Waals surface area contributed by atoms with Crippen molar-refractivity contribution in [2.24, 2.45) is 0 Å². The van der Waals surface area contributed by atoms with Crippen LogP contribution in [-0.2, 0) is 0 Å². The Balaban J connectivity index is 2.72. The van der Waals surface area contributed by atoms with Crippen molar-refractivity contribution in [1.29, 1.82) is 0 Å². The van der Waals surface area contributed by atoms with E-state index in [2.05, 4.69) is 4.98 Å². The Morgan fingerprint density at radius 3 is 2.76 bits per heavy atom. The normalized spacial score (nSPS) is 10.4. The number of benzene rings is 1. The van der Waals surface area contributed by atoms with Crippen LogP contribution in [0.5, 0.6) is 0 Å². The van der Waals surface area contributed by atoms with Gasteiger partial charge in [0.1, 0.15) is 5.56 Å². The number of nitro benzene ring substituents is 1. The molecule has 0 saturated heterocycles. The van der Waals surface area contributed by atoms with E-state index in [1.807, 2.05) is 0 Å². The summed E-state index contributed by atoms with van der Waals surface area (Å²) in [6.45, 7) is 0. The average Bonchev–Trinajstić information content (AvgIpc) is 2.28. The number of anilines is 1. The fourth-order valence-electron chi connectivity index (χ4n) is 1.49. The van der Waals surface area contributed by atoms with Crippen molar-refractivity contribution in [3.63, 3.8) is 0 Å². The van der Waals surface area contributed by atoms with Crippen LogP contribution in [0.3, 0.4) is 0 Å². The molecular weight excluding hydrogens is 226 g/mol. The molecule has 1 aromatic heterocycles. The second kappa shape index (κ2) is 3.71. The van der Waals surface area contributed by atoms with Gasteiger partial charge in [0.05, 0.1) is 16.1 Å². The Morgan fingerprint density at radius 2 is 2.18 bits per heavy atom. The predicted octanol–water partition coefficient (Wildman–Crippen LogP) is 1.42. The summed E-state index contributed by atoms with van der Waals surface area (Å²) in [7, 11) is 0. The monoisotopic (exact) mass is 233 g/mol. The third kappa shape index (κ3) is 1.73. The number of carbonyl (C=O) groups is 1. The third-order valence-electron chi connectivity index (χ3n) is 2.34. The first-order valence-corrected chi connectivity index (χ1v) is 4.56. The Hall–Kier alpha value is -2.70. The molecule has 7 nitrogen and oxygen atoms in total. The maximum atomic E-state index is 10.8. The minimum atomic E-state index is -1.18. The van der Waals surface area contributed by atoms with E-state index >= 15 is 0 Å². The zero-order chi connectivity index (χ0) is 12.6. The minimum absolute atomic E-state index is 0.0531. The second-order valence-electron chi connectivity index (χ2n) is 3.35. The van der Waals surface area contributed by atoms with Crippen LogP contribution in [0.4, 0.5) is 11.4 Å². The van der Waals surface area contributed by atoms with Crippen LogP contribution in [0.1, 0.15) is 10.4 Å². The van der Waals surface area contributed by atoms with Gasteiger partial charge >= 0.3 is 5.97 Å². The van der Waals surface area contributed by atoms with Crippen molar-refractivity contribution in [1.82, 2.24) is 4.98 Å². The molecule has 7 heteroatoms. The summed E-state index contributed by atoms with van der Waals surface area (Å²) in [5.74, 6) is -1.18. The first-order chi connectivity index (χ1) is 8.00. The molecule has 0 spiro atoms. The summed E-state index contributed by atoms with van der Waals surface area (Å²) in [6, 6.07) is 3.89. The van der Waals surface area contributed by atoms with Crippen LogP contribution in [0.2, 0.25) is 0 Å². The minimum Gasteiger partial charge on any atom is -0.478 e. The van der Waals surface area contributed by atoms with E-state index in [1.54, 1.807) is 0 Å². The summed E-state index contributed by atoms with van der Waals surface area (Å²) in [4.78, 5) is 24.7. The number of carboxylic acid groups (broad SMARTS) is 1. The second-order valence-corrected chi connectivity index (χ2v) is 3.35. The van der Waals surface area contributed by atoms with Gasteiger partial charge in [0.2, 0.25) is 0 Å². The van der Waals surface area contributed by atoms with Gasteiger partial charge in [-0.1, -0.05) is 0 Å². The first-order valence-electron chi connectivity index (χ1n) is 4.56. The quantitative estimate of drug-likeness (QED) is 0.597. The number of non-ortho nitro benzene ring substituents is 1. The van der Waals surface area contributed by atoms with E-state index in [9.17, 15) is 14.9 Å². The lowest BCUT2D eigenvalue weighted by Crippen LogP contribution is -2.04. The number of rotatable bonds is 2. The molecule has 3 N–H and O–H groups in total.